The fourth-order valence-electron chi connectivity index (χ4n) is 8.27. The summed E-state index contributed by atoms with van der Waals surface area (Å²) in [6, 6.07) is 15.0. The summed E-state index contributed by atoms with van der Waals surface area (Å²) in [5.74, 6) is -0.184. The zero-order valence-corrected chi connectivity index (χ0v) is 21.8. The van der Waals surface area contributed by atoms with Gasteiger partial charge in [0, 0.05) is 23.6 Å². The first-order valence-electron chi connectivity index (χ1n) is 13.5. The number of aromatic amines is 1. The summed E-state index contributed by atoms with van der Waals surface area (Å²) in [6.45, 7) is 3.31. The van der Waals surface area contributed by atoms with Gasteiger partial charge in [-0.15, -0.1) is 0 Å². The van der Waals surface area contributed by atoms with Crippen LogP contribution in [0.25, 0.3) is 0 Å². The number of hydrogen-bond acceptors (Lipinski definition) is 5. The third kappa shape index (κ3) is 3.15. The average molecular weight is 512 g/mol. The van der Waals surface area contributed by atoms with Crippen molar-refractivity contribution in [2.75, 3.05) is 13.6 Å². The van der Waals surface area contributed by atoms with Gasteiger partial charge in [0.1, 0.15) is 11.3 Å². The molecule has 1 saturated heterocycles. The van der Waals surface area contributed by atoms with Crippen LogP contribution in [0.2, 0.25) is 0 Å². The second kappa shape index (κ2) is 8.04. The van der Waals surface area contributed by atoms with Crippen molar-refractivity contribution in [3.63, 3.8) is 0 Å². The van der Waals surface area contributed by atoms with Gasteiger partial charge >= 0.3 is 0 Å². The Labute approximate surface area is 221 Å². The highest BCUT2D eigenvalue weighted by molar-refractivity contribution is 5.94. The molecular formula is C31H33N3O4. The Bertz CT molecular complexity index is 1550. The summed E-state index contributed by atoms with van der Waals surface area (Å²) in [5, 5.41) is 24.0. The molecule has 0 radical (unpaired) electrons. The van der Waals surface area contributed by atoms with Crippen molar-refractivity contribution < 1.29 is 15.0 Å². The molecule has 1 amide bonds. The maximum Gasteiger partial charge on any atom is 0.261 e. The van der Waals surface area contributed by atoms with Crippen LogP contribution < -0.4 is 10.9 Å². The van der Waals surface area contributed by atoms with Crippen molar-refractivity contribution in [2.24, 2.45) is 5.41 Å². The molecule has 2 bridgehead atoms. The summed E-state index contributed by atoms with van der Waals surface area (Å²) in [7, 11) is 2.19. The minimum Gasteiger partial charge on any atom is -0.508 e. The normalized spacial score (nSPS) is 31.1. The van der Waals surface area contributed by atoms with E-state index in [1.54, 1.807) is 12.1 Å². The van der Waals surface area contributed by atoms with E-state index in [0.717, 1.165) is 48.2 Å². The Morgan fingerprint density at radius 2 is 1.89 bits per heavy atom. The van der Waals surface area contributed by atoms with Gasteiger partial charge in [-0.1, -0.05) is 37.3 Å². The summed E-state index contributed by atoms with van der Waals surface area (Å²) in [4.78, 5) is 32.2. The molecule has 196 valence electrons. The van der Waals surface area contributed by atoms with Crippen molar-refractivity contribution in [1.82, 2.24) is 15.2 Å². The third-order valence-corrected chi connectivity index (χ3v) is 10.3. The minimum absolute atomic E-state index is 0.0900. The first kappa shape index (κ1) is 23.7. The van der Waals surface area contributed by atoms with E-state index in [1.165, 1.54) is 11.1 Å². The van der Waals surface area contributed by atoms with Gasteiger partial charge in [0.25, 0.3) is 11.5 Å². The SMILES string of the molecule is CN1CC[C@]23Cc4[nH]c(=O)c(C(=O)N[C@@H]5c6ccccc6C[C@@H]5O)cc4C[C@@]2(C)C1Cc1ccc(O)cc13. The minimum atomic E-state index is -0.722. The van der Waals surface area contributed by atoms with Crippen molar-refractivity contribution >= 4 is 5.91 Å². The Balaban J connectivity index is 1.28. The van der Waals surface area contributed by atoms with Crippen molar-refractivity contribution in [3.8, 4) is 5.75 Å². The number of aliphatic hydroxyl groups excluding tert-OH is 1. The van der Waals surface area contributed by atoms with Crippen LogP contribution in [-0.2, 0) is 31.1 Å². The molecule has 3 aliphatic carbocycles. The number of fused-ring (bicyclic) bond motifs is 3. The van der Waals surface area contributed by atoms with Crippen LogP contribution in [0, 0.1) is 5.41 Å². The molecule has 4 N–H and O–H groups in total. The van der Waals surface area contributed by atoms with Crippen LogP contribution in [0.4, 0.5) is 0 Å². The number of pyridine rings is 1. The number of aliphatic hydroxyl groups is 1. The number of nitrogens with one attached hydrogen (secondary N) is 2. The molecule has 5 atom stereocenters. The number of carbonyl (C=O) groups is 1. The molecule has 4 aliphatic rings. The van der Waals surface area contributed by atoms with Crippen molar-refractivity contribution in [3.05, 3.63) is 98.0 Å². The lowest BCUT2D eigenvalue weighted by molar-refractivity contribution is -0.0535. The number of H-pyrrole nitrogens is 1. The van der Waals surface area contributed by atoms with Gasteiger partial charge in [-0.3, -0.25) is 9.59 Å². The first-order chi connectivity index (χ1) is 18.2. The molecule has 1 unspecified atom stereocenters. The Hall–Kier alpha value is -3.42. The molecular weight excluding hydrogens is 478 g/mol. The van der Waals surface area contributed by atoms with Gasteiger partial charge in [0.2, 0.25) is 0 Å². The molecule has 7 heteroatoms. The van der Waals surface area contributed by atoms with Crippen LogP contribution in [-0.4, -0.2) is 51.7 Å². The maximum atomic E-state index is 13.4. The van der Waals surface area contributed by atoms with Gasteiger partial charge in [-0.05, 0) is 90.7 Å². The van der Waals surface area contributed by atoms with E-state index in [0.29, 0.717) is 18.9 Å². The van der Waals surface area contributed by atoms with Crippen LogP contribution in [0.1, 0.15) is 63.3 Å². The maximum absolute atomic E-state index is 13.4. The lowest BCUT2D eigenvalue weighted by Crippen LogP contribution is -2.68. The second-order valence-electron chi connectivity index (χ2n) is 12.1. The molecule has 0 spiro atoms. The molecule has 7 rings (SSSR count). The van der Waals surface area contributed by atoms with Crippen LogP contribution in [0.5, 0.6) is 5.75 Å². The summed E-state index contributed by atoms with van der Waals surface area (Å²) in [5.41, 5.74) is 5.64. The number of piperidine rings is 1. The van der Waals surface area contributed by atoms with Crippen LogP contribution in [0.3, 0.4) is 0 Å². The van der Waals surface area contributed by atoms with E-state index >= 15 is 0 Å². The average Bonchev–Trinajstić information content (AvgIpc) is 3.20. The first-order valence-corrected chi connectivity index (χ1v) is 13.5. The number of amides is 1. The Morgan fingerprint density at radius 1 is 1.08 bits per heavy atom. The van der Waals surface area contributed by atoms with E-state index in [-0.39, 0.29) is 22.1 Å². The number of hydrogen-bond donors (Lipinski definition) is 4. The van der Waals surface area contributed by atoms with E-state index in [4.69, 9.17) is 0 Å². The van der Waals surface area contributed by atoms with Gasteiger partial charge in [0.15, 0.2) is 0 Å². The predicted octanol–water partition coefficient (Wildman–Crippen LogP) is 2.77. The number of aromatic nitrogens is 1. The number of nitrogens with zero attached hydrogens (tertiary/aromatic N) is 1. The topological polar surface area (TPSA) is 106 Å². The third-order valence-electron chi connectivity index (χ3n) is 10.3. The van der Waals surface area contributed by atoms with E-state index in [9.17, 15) is 19.8 Å². The molecule has 2 aromatic carbocycles. The molecule has 1 aliphatic heterocycles. The lowest BCUT2D eigenvalue weighted by atomic mass is 9.44. The highest BCUT2D eigenvalue weighted by Crippen LogP contribution is 2.61. The molecule has 3 aromatic rings. The van der Waals surface area contributed by atoms with E-state index < -0.39 is 23.6 Å². The standard InChI is InChI=1S/C31H33N3O4/c1-30-15-19-11-22(29(38)33-27-21-6-4-3-5-17(21)12-25(27)36)28(37)32-24(19)16-31(30)9-10-34(2)26(30)13-18-7-8-20(35)14-23(18)31/h3-8,11,14,25-27,35-36H,9-10,12-13,15-16H2,1-2H3,(H,32,37)(H,33,38)/t25-,26?,27+,30-,31+/m0/s1. The fourth-order valence-corrected chi connectivity index (χ4v) is 8.27. The zero-order valence-electron chi connectivity index (χ0n) is 21.8. The highest BCUT2D eigenvalue weighted by atomic mass is 16.3. The number of aromatic hydroxyl groups is 1. The Morgan fingerprint density at radius 3 is 2.74 bits per heavy atom. The van der Waals surface area contributed by atoms with Gasteiger partial charge in [-0.25, -0.2) is 0 Å². The number of phenols is 1. The molecule has 38 heavy (non-hydrogen) atoms. The van der Waals surface area contributed by atoms with Crippen LogP contribution in [0.15, 0.2) is 53.3 Å². The number of likely N-dealkylation sites (tertiary alicyclic amines) is 1. The molecule has 7 nitrogen and oxygen atoms in total. The van der Waals surface area contributed by atoms with Gasteiger partial charge < -0.3 is 25.4 Å². The van der Waals surface area contributed by atoms with Gasteiger partial charge in [0.05, 0.1) is 12.1 Å². The number of phenolic OH excluding ortho intramolecular Hbond substituents is 1. The molecule has 1 aromatic heterocycles. The lowest BCUT2D eigenvalue weighted by Gasteiger charge is -2.64. The monoisotopic (exact) mass is 511 g/mol. The number of rotatable bonds is 2. The number of benzene rings is 2. The molecule has 1 fully saturated rings. The van der Waals surface area contributed by atoms with Crippen LogP contribution >= 0.6 is 0 Å². The van der Waals surface area contributed by atoms with Gasteiger partial charge in [-0.2, -0.15) is 0 Å². The fraction of sp³-hybridized carbons (Fsp3) is 0.419. The predicted molar refractivity (Wildman–Crippen MR) is 143 cm³/mol. The highest BCUT2D eigenvalue weighted by Gasteiger charge is 2.62. The number of likely N-dealkylation sites (N-methyl/N-ethyl adjacent to an activating group) is 1. The summed E-state index contributed by atoms with van der Waals surface area (Å²) in [6.07, 6.45) is 3.02. The summed E-state index contributed by atoms with van der Waals surface area (Å²) >= 11 is 0. The molecule has 2 heterocycles. The summed E-state index contributed by atoms with van der Waals surface area (Å²) < 4.78 is 0. The van der Waals surface area contributed by atoms with Crippen molar-refractivity contribution in [2.45, 2.75) is 62.6 Å². The number of carbonyl (C=O) groups excluding carboxylic acids is 1. The van der Waals surface area contributed by atoms with E-state index in [2.05, 4.69) is 35.2 Å². The largest absolute Gasteiger partial charge is 0.508 e. The second-order valence-corrected chi connectivity index (χ2v) is 12.1. The smallest absolute Gasteiger partial charge is 0.261 e. The molecule has 0 saturated carbocycles. The zero-order chi connectivity index (χ0) is 26.4. The van der Waals surface area contributed by atoms with Crippen molar-refractivity contribution in [1.29, 1.82) is 0 Å². The van der Waals surface area contributed by atoms with E-state index in [1.807, 2.05) is 30.3 Å². The quantitative estimate of drug-likeness (QED) is 0.424. The Kier molecular flexibility index (Phi) is 5.01.